The van der Waals surface area contributed by atoms with Crippen LogP contribution in [0, 0.1) is 0 Å². The SMILES string of the molecule is CC1Cc2ccccc2N1C(=O)Cc1ccco1. The monoisotopic (exact) mass is 241 g/mol. The molecule has 2 aromatic rings. The van der Waals surface area contributed by atoms with Crippen LogP contribution < -0.4 is 4.90 Å². The standard InChI is InChI=1S/C15H15NO2/c1-11-9-12-5-2-3-7-14(12)16(11)15(17)10-13-6-4-8-18-13/h2-8,11H,9-10H2,1H3. The van der Waals surface area contributed by atoms with Crippen molar-refractivity contribution in [3.05, 3.63) is 54.0 Å². The molecule has 92 valence electrons. The fourth-order valence-corrected chi connectivity index (χ4v) is 2.59. The molecule has 0 bridgehead atoms. The van der Waals surface area contributed by atoms with E-state index in [-0.39, 0.29) is 11.9 Å². The third-order valence-electron chi connectivity index (χ3n) is 3.38. The van der Waals surface area contributed by atoms with Gasteiger partial charge < -0.3 is 9.32 Å². The van der Waals surface area contributed by atoms with E-state index in [1.165, 1.54) is 5.56 Å². The number of rotatable bonds is 2. The highest BCUT2D eigenvalue weighted by molar-refractivity contribution is 5.97. The number of nitrogens with zero attached hydrogens (tertiary/aromatic N) is 1. The number of furan rings is 1. The Balaban J connectivity index is 1.86. The number of carbonyl (C=O) groups excluding carboxylic acids is 1. The average molecular weight is 241 g/mol. The second kappa shape index (κ2) is 4.33. The van der Waals surface area contributed by atoms with Crippen molar-refractivity contribution >= 4 is 11.6 Å². The fourth-order valence-electron chi connectivity index (χ4n) is 2.59. The van der Waals surface area contributed by atoms with Crippen molar-refractivity contribution in [1.82, 2.24) is 0 Å². The summed E-state index contributed by atoms with van der Waals surface area (Å²) in [6, 6.07) is 12.0. The summed E-state index contributed by atoms with van der Waals surface area (Å²) < 4.78 is 5.24. The van der Waals surface area contributed by atoms with E-state index in [4.69, 9.17) is 4.42 Å². The first-order valence-corrected chi connectivity index (χ1v) is 6.18. The summed E-state index contributed by atoms with van der Waals surface area (Å²) in [5, 5.41) is 0. The summed E-state index contributed by atoms with van der Waals surface area (Å²) in [6.07, 6.45) is 2.86. The first-order chi connectivity index (χ1) is 8.75. The third-order valence-corrected chi connectivity index (χ3v) is 3.38. The Kier molecular flexibility index (Phi) is 2.67. The molecule has 1 aromatic heterocycles. The Hall–Kier alpha value is -2.03. The summed E-state index contributed by atoms with van der Waals surface area (Å²) in [6.45, 7) is 2.08. The molecule has 3 nitrogen and oxygen atoms in total. The Labute approximate surface area is 106 Å². The predicted molar refractivity (Wildman–Crippen MR) is 69.5 cm³/mol. The largest absolute Gasteiger partial charge is 0.469 e. The van der Waals surface area contributed by atoms with E-state index < -0.39 is 0 Å². The van der Waals surface area contributed by atoms with Crippen LogP contribution in [-0.4, -0.2) is 11.9 Å². The summed E-state index contributed by atoms with van der Waals surface area (Å²) in [4.78, 5) is 14.2. The number of hydrogen-bond acceptors (Lipinski definition) is 2. The molecule has 1 atom stereocenters. The zero-order valence-electron chi connectivity index (χ0n) is 10.3. The highest BCUT2D eigenvalue weighted by Gasteiger charge is 2.30. The van der Waals surface area contributed by atoms with Gasteiger partial charge in [0.1, 0.15) is 5.76 Å². The Morgan fingerprint density at radius 2 is 2.17 bits per heavy atom. The zero-order chi connectivity index (χ0) is 12.5. The van der Waals surface area contributed by atoms with Gasteiger partial charge in [0.2, 0.25) is 5.91 Å². The van der Waals surface area contributed by atoms with E-state index >= 15 is 0 Å². The van der Waals surface area contributed by atoms with Crippen molar-refractivity contribution < 1.29 is 9.21 Å². The molecular weight excluding hydrogens is 226 g/mol. The lowest BCUT2D eigenvalue weighted by molar-refractivity contribution is -0.118. The highest BCUT2D eigenvalue weighted by atomic mass is 16.3. The summed E-state index contributed by atoms with van der Waals surface area (Å²) >= 11 is 0. The lowest BCUT2D eigenvalue weighted by Gasteiger charge is -2.22. The normalized spacial score (nSPS) is 17.8. The van der Waals surface area contributed by atoms with Crippen LogP contribution in [-0.2, 0) is 17.6 Å². The number of carbonyl (C=O) groups is 1. The van der Waals surface area contributed by atoms with E-state index in [1.54, 1.807) is 6.26 Å². The van der Waals surface area contributed by atoms with E-state index in [1.807, 2.05) is 35.2 Å². The van der Waals surface area contributed by atoms with Crippen molar-refractivity contribution in [1.29, 1.82) is 0 Å². The minimum absolute atomic E-state index is 0.0994. The number of amides is 1. The van der Waals surface area contributed by atoms with Crippen molar-refractivity contribution in [2.45, 2.75) is 25.8 Å². The smallest absolute Gasteiger partial charge is 0.234 e. The van der Waals surface area contributed by atoms with Gasteiger partial charge in [0.25, 0.3) is 0 Å². The van der Waals surface area contributed by atoms with Crippen molar-refractivity contribution in [2.24, 2.45) is 0 Å². The lowest BCUT2D eigenvalue weighted by Crippen LogP contribution is -2.36. The Morgan fingerprint density at radius 1 is 1.33 bits per heavy atom. The minimum atomic E-state index is 0.0994. The van der Waals surface area contributed by atoms with Gasteiger partial charge in [0.15, 0.2) is 0 Å². The van der Waals surface area contributed by atoms with Crippen LogP contribution in [0.25, 0.3) is 0 Å². The molecule has 0 saturated heterocycles. The molecule has 0 saturated carbocycles. The fraction of sp³-hybridized carbons (Fsp3) is 0.267. The molecule has 2 heterocycles. The molecule has 3 heteroatoms. The number of para-hydroxylation sites is 1. The maximum Gasteiger partial charge on any atom is 0.234 e. The van der Waals surface area contributed by atoms with Crippen LogP contribution in [0.1, 0.15) is 18.2 Å². The average Bonchev–Trinajstić information content (AvgIpc) is 2.94. The van der Waals surface area contributed by atoms with Gasteiger partial charge in [-0.05, 0) is 37.1 Å². The van der Waals surface area contributed by atoms with Crippen molar-refractivity contribution in [3.8, 4) is 0 Å². The van der Waals surface area contributed by atoms with Gasteiger partial charge >= 0.3 is 0 Å². The molecule has 1 aliphatic heterocycles. The number of hydrogen-bond donors (Lipinski definition) is 0. The quantitative estimate of drug-likeness (QED) is 0.810. The summed E-state index contributed by atoms with van der Waals surface area (Å²) in [5.41, 5.74) is 2.29. The second-order valence-corrected chi connectivity index (χ2v) is 4.70. The molecule has 0 aliphatic carbocycles. The Morgan fingerprint density at radius 3 is 2.94 bits per heavy atom. The third kappa shape index (κ3) is 1.82. The van der Waals surface area contributed by atoms with Gasteiger partial charge in [-0.3, -0.25) is 4.79 Å². The second-order valence-electron chi connectivity index (χ2n) is 4.70. The van der Waals surface area contributed by atoms with Crippen LogP contribution in [0.5, 0.6) is 0 Å². The molecule has 0 N–H and O–H groups in total. The zero-order valence-corrected chi connectivity index (χ0v) is 10.3. The van der Waals surface area contributed by atoms with Crippen LogP contribution >= 0.6 is 0 Å². The van der Waals surface area contributed by atoms with Crippen LogP contribution in [0.3, 0.4) is 0 Å². The minimum Gasteiger partial charge on any atom is -0.469 e. The van der Waals surface area contributed by atoms with Gasteiger partial charge in [-0.2, -0.15) is 0 Å². The first kappa shape index (κ1) is 11.1. The molecule has 1 aromatic carbocycles. The Bertz CT molecular complexity index is 560. The molecule has 3 rings (SSSR count). The van der Waals surface area contributed by atoms with Gasteiger partial charge in [-0.15, -0.1) is 0 Å². The van der Waals surface area contributed by atoms with E-state index in [9.17, 15) is 4.79 Å². The summed E-state index contributed by atoms with van der Waals surface area (Å²) in [7, 11) is 0. The molecule has 0 fully saturated rings. The van der Waals surface area contributed by atoms with Crippen molar-refractivity contribution in [3.63, 3.8) is 0 Å². The molecule has 0 radical (unpaired) electrons. The maximum absolute atomic E-state index is 12.4. The lowest BCUT2D eigenvalue weighted by atomic mass is 10.1. The summed E-state index contributed by atoms with van der Waals surface area (Å²) in [5.74, 6) is 0.819. The van der Waals surface area contributed by atoms with Gasteiger partial charge in [0.05, 0.1) is 12.7 Å². The topological polar surface area (TPSA) is 33.5 Å². The molecule has 0 spiro atoms. The number of fused-ring (bicyclic) bond motifs is 1. The molecule has 18 heavy (non-hydrogen) atoms. The predicted octanol–water partition coefficient (Wildman–Crippen LogP) is 2.80. The maximum atomic E-state index is 12.4. The number of benzene rings is 1. The van der Waals surface area contributed by atoms with Crippen LogP contribution in [0.4, 0.5) is 5.69 Å². The molecular formula is C15H15NO2. The molecule has 1 aliphatic rings. The van der Waals surface area contributed by atoms with Gasteiger partial charge in [-0.25, -0.2) is 0 Å². The molecule has 1 amide bonds. The van der Waals surface area contributed by atoms with Crippen LogP contribution in [0.15, 0.2) is 47.1 Å². The van der Waals surface area contributed by atoms with Gasteiger partial charge in [-0.1, -0.05) is 18.2 Å². The van der Waals surface area contributed by atoms with Crippen molar-refractivity contribution in [2.75, 3.05) is 4.90 Å². The van der Waals surface area contributed by atoms with Crippen LogP contribution in [0.2, 0.25) is 0 Å². The number of anilines is 1. The van der Waals surface area contributed by atoms with E-state index in [0.717, 1.165) is 17.9 Å². The van der Waals surface area contributed by atoms with Gasteiger partial charge in [0, 0.05) is 11.7 Å². The van der Waals surface area contributed by atoms with E-state index in [2.05, 4.69) is 13.0 Å². The van der Waals surface area contributed by atoms with E-state index in [0.29, 0.717) is 6.42 Å². The molecule has 1 unspecified atom stereocenters. The highest BCUT2D eigenvalue weighted by Crippen LogP contribution is 2.32. The first-order valence-electron chi connectivity index (χ1n) is 6.18.